The average molecular weight is 313 g/mol. The number of carbonyl (C=O) groups excluding carboxylic acids is 1. The summed E-state index contributed by atoms with van der Waals surface area (Å²) >= 11 is 0. The molecule has 2 aliphatic carbocycles. The van der Waals surface area contributed by atoms with Gasteiger partial charge in [0, 0.05) is 6.04 Å². The van der Waals surface area contributed by atoms with Crippen LogP contribution in [0.15, 0.2) is 11.2 Å². The first kappa shape index (κ1) is 14.5. The number of fused-ring (bicyclic) bond motifs is 2. The topological polar surface area (TPSA) is 101 Å². The number of nitrogens with zero attached hydrogens (tertiary/aromatic N) is 1. The Morgan fingerprint density at radius 1 is 1.48 bits per heavy atom. The molecule has 1 aromatic heterocycles. The SMILES string of the molecule is CCOC(=O)c1cn[nH]c1S(=O)(=O)NC1CC2CCC1C2. The zero-order chi connectivity index (χ0) is 15.0. The van der Waals surface area contributed by atoms with E-state index in [0.717, 1.165) is 19.3 Å². The quantitative estimate of drug-likeness (QED) is 0.791. The molecular formula is C13H19N3O4S. The van der Waals surface area contributed by atoms with Crippen molar-refractivity contribution in [3.63, 3.8) is 0 Å². The highest BCUT2D eigenvalue weighted by Gasteiger charge is 2.42. The number of hydrogen-bond acceptors (Lipinski definition) is 5. The maximum absolute atomic E-state index is 12.5. The van der Waals surface area contributed by atoms with Crippen molar-refractivity contribution in [2.45, 2.75) is 43.7 Å². The number of aromatic nitrogens is 2. The van der Waals surface area contributed by atoms with Gasteiger partial charge >= 0.3 is 5.97 Å². The molecule has 3 unspecified atom stereocenters. The van der Waals surface area contributed by atoms with Gasteiger partial charge < -0.3 is 4.74 Å². The van der Waals surface area contributed by atoms with Crippen molar-refractivity contribution in [3.8, 4) is 0 Å². The summed E-state index contributed by atoms with van der Waals surface area (Å²) in [6, 6.07) is -0.0351. The smallest absolute Gasteiger partial charge is 0.342 e. The van der Waals surface area contributed by atoms with Gasteiger partial charge in [-0.05, 0) is 38.0 Å². The molecule has 2 fully saturated rings. The molecule has 0 saturated heterocycles. The number of hydrogen-bond donors (Lipinski definition) is 2. The van der Waals surface area contributed by atoms with Gasteiger partial charge in [-0.3, -0.25) is 5.10 Å². The fourth-order valence-electron chi connectivity index (χ4n) is 3.48. The number of nitrogens with one attached hydrogen (secondary N) is 2. The van der Waals surface area contributed by atoms with Gasteiger partial charge in [0.25, 0.3) is 10.0 Å². The van der Waals surface area contributed by atoms with E-state index in [4.69, 9.17) is 4.74 Å². The van der Waals surface area contributed by atoms with Gasteiger partial charge in [-0.1, -0.05) is 6.42 Å². The van der Waals surface area contributed by atoms with Crippen LogP contribution in [0.2, 0.25) is 0 Å². The zero-order valence-corrected chi connectivity index (χ0v) is 12.6. The third kappa shape index (κ3) is 2.69. The highest BCUT2D eigenvalue weighted by Crippen LogP contribution is 2.44. The maximum Gasteiger partial charge on any atom is 0.342 e. The molecule has 0 spiro atoms. The van der Waals surface area contributed by atoms with Gasteiger partial charge in [-0.15, -0.1) is 0 Å². The first-order valence-corrected chi connectivity index (χ1v) is 8.72. The first-order valence-electron chi connectivity index (χ1n) is 7.24. The van der Waals surface area contributed by atoms with Crippen LogP contribution in [0.4, 0.5) is 0 Å². The fourth-order valence-corrected chi connectivity index (χ4v) is 4.88. The second-order valence-electron chi connectivity index (χ2n) is 5.74. The van der Waals surface area contributed by atoms with Crippen LogP contribution in [0.25, 0.3) is 0 Å². The molecule has 8 heteroatoms. The minimum atomic E-state index is -3.79. The Morgan fingerprint density at radius 3 is 2.90 bits per heavy atom. The van der Waals surface area contributed by atoms with Crippen molar-refractivity contribution < 1.29 is 17.9 Å². The van der Waals surface area contributed by atoms with Crippen molar-refractivity contribution in [3.05, 3.63) is 11.8 Å². The monoisotopic (exact) mass is 313 g/mol. The van der Waals surface area contributed by atoms with Crippen molar-refractivity contribution in [1.29, 1.82) is 0 Å². The molecule has 0 aromatic carbocycles. The molecule has 2 bridgehead atoms. The van der Waals surface area contributed by atoms with Crippen LogP contribution in [-0.4, -0.2) is 37.2 Å². The van der Waals surface area contributed by atoms with E-state index in [1.807, 2.05) is 0 Å². The van der Waals surface area contributed by atoms with Crippen molar-refractivity contribution in [1.82, 2.24) is 14.9 Å². The van der Waals surface area contributed by atoms with E-state index in [1.54, 1.807) is 6.92 Å². The van der Waals surface area contributed by atoms with Crippen LogP contribution in [0.3, 0.4) is 0 Å². The second-order valence-corrected chi connectivity index (χ2v) is 7.39. The Bertz CT molecular complexity index is 640. The van der Waals surface area contributed by atoms with Gasteiger partial charge in [0.1, 0.15) is 5.56 Å². The maximum atomic E-state index is 12.5. The summed E-state index contributed by atoms with van der Waals surface area (Å²) in [5.74, 6) is 0.368. The van der Waals surface area contributed by atoms with Crippen LogP contribution in [0.1, 0.15) is 43.0 Å². The number of esters is 1. The lowest BCUT2D eigenvalue weighted by Crippen LogP contribution is -2.39. The zero-order valence-electron chi connectivity index (χ0n) is 11.8. The Kier molecular flexibility index (Phi) is 3.75. The molecule has 0 radical (unpaired) electrons. The van der Waals surface area contributed by atoms with E-state index in [2.05, 4.69) is 14.9 Å². The van der Waals surface area contributed by atoms with Gasteiger partial charge in [0.2, 0.25) is 0 Å². The predicted molar refractivity (Wildman–Crippen MR) is 74.1 cm³/mol. The number of H-pyrrole nitrogens is 1. The molecule has 1 aromatic rings. The van der Waals surface area contributed by atoms with Gasteiger partial charge in [-0.2, -0.15) is 5.10 Å². The number of aromatic amines is 1. The fraction of sp³-hybridized carbons (Fsp3) is 0.692. The molecule has 3 atom stereocenters. The third-order valence-corrected chi connectivity index (χ3v) is 5.87. The molecule has 2 N–H and O–H groups in total. The molecule has 7 nitrogen and oxygen atoms in total. The summed E-state index contributed by atoms with van der Waals surface area (Å²) in [4.78, 5) is 11.8. The minimum Gasteiger partial charge on any atom is -0.462 e. The average Bonchev–Trinajstić information content (AvgIpc) is 3.14. The van der Waals surface area contributed by atoms with Gasteiger partial charge in [0.15, 0.2) is 5.03 Å². The summed E-state index contributed by atoms with van der Waals surface area (Å²) in [5.41, 5.74) is -0.0486. The number of sulfonamides is 1. The van der Waals surface area contributed by atoms with Crippen molar-refractivity contribution >= 4 is 16.0 Å². The lowest BCUT2D eigenvalue weighted by molar-refractivity contribution is 0.0522. The lowest BCUT2D eigenvalue weighted by atomic mass is 9.96. The Labute approximate surface area is 123 Å². The highest BCUT2D eigenvalue weighted by atomic mass is 32.2. The number of rotatable bonds is 5. The summed E-state index contributed by atoms with van der Waals surface area (Å²) in [7, 11) is -3.79. The summed E-state index contributed by atoms with van der Waals surface area (Å²) in [5, 5.41) is 5.87. The van der Waals surface area contributed by atoms with E-state index in [0.29, 0.717) is 11.8 Å². The normalized spacial score (nSPS) is 28.0. The Balaban J connectivity index is 1.79. The van der Waals surface area contributed by atoms with Crippen molar-refractivity contribution in [2.75, 3.05) is 6.61 Å². The van der Waals surface area contributed by atoms with E-state index in [-0.39, 0.29) is 23.2 Å². The number of ether oxygens (including phenoxy) is 1. The molecule has 3 rings (SSSR count). The molecule has 2 saturated carbocycles. The van der Waals surface area contributed by atoms with Crippen LogP contribution >= 0.6 is 0 Å². The first-order chi connectivity index (χ1) is 10.0. The van der Waals surface area contributed by atoms with Gasteiger partial charge in [0.05, 0.1) is 12.8 Å². The molecule has 116 valence electrons. The molecule has 1 heterocycles. The Morgan fingerprint density at radius 2 is 2.29 bits per heavy atom. The molecule has 0 amide bonds. The van der Waals surface area contributed by atoms with Gasteiger partial charge in [-0.25, -0.2) is 17.9 Å². The van der Waals surface area contributed by atoms with E-state index >= 15 is 0 Å². The molecule has 2 aliphatic rings. The van der Waals surface area contributed by atoms with Crippen LogP contribution in [-0.2, 0) is 14.8 Å². The van der Waals surface area contributed by atoms with E-state index in [9.17, 15) is 13.2 Å². The summed E-state index contributed by atoms with van der Waals surface area (Å²) in [6.45, 7) is 1.85. The summed E-state index contributed by atoms with van der Waals surface area (Å²) < 4.78 is 32.5. The second kappa shape index (κ2) is 5.42. The predicted octanol–water partition coefficient (Wildman–Crippen LogP) is 1.05. The Hall–Kier alpha value is -1.41. The van der Waals surface area contributed by atoms with Crippen LogP contribution < -0.4 is 4.72 Å². The largest absolute Gasteiger partial charge is 0.462 e. The van der Waals surface area contributed by atoms with Crippen molar-refractivity contribution in [2.24, 2.45) is 11.8 Å². The molecule has 21 heavy (non-hydrogen) atoms. The third-order valence-electron chi connectivity index (χ3n) is 4.41. The minimum absolute atomic E-state index is 0.0351. The van der Waals surface area contributed by atoms with E-state index in [1.165, 1.54) is 12.6 Å². The molecular weight excluding hydrogens is 294 g/mol. The highest BCUT2D eigenvalue weighted by molar-refractivity contribution is 7.89. The molecule has 0 aliphatic heterocycles. The summed E-state index contributed by atoms with van der Waals surface area (Å²) in [6.07, 6.45) is 5.44. The van der Waals surface area contributed by atoms with E-state index < -0.39 is 16.0 Å². The lowest BCUT2D eigenvalue weighted by Gasteiger charge is -2.22. The van der Waals surface area contributed by atoms with Crippen LogP contribution in [0.5, 0.6) is 0 Å². The van der Waals surface area contributed by atoms with Crippen LogP contribution in [0, 0.1) is 11.8 Å². The standard InChI is InChI=1S/C13H19N3O4S/c1-2-20-13(17)10-7-14-15-12(10)21(18,19)16-11-6-8-3-4-9(11)5-8/h7-9,11,16H,2-6H2,1H3,(H,14,15). The number of carbonyl (C=O) groups is 1.